The first-order chi connectivity index (χ1) is 16.9. The zero-order valence-electron chi connectivity index (χ0n) is 19.1. The van der Waals surface area contributed by atoms with E-state index < -0.39 is 5.56 Å². The lowest BCUT2D eigenvalue weighted by atomic mass is 10.1. The summed E-state index contributed by atoms with van der Waals surface area (Å²) in [6, 6.07) is 10.6. The average molecular weight is 473 g/mol. The van der Waals surface area contributed by atoms with E-state index in [1.54, 1.807) is 27.8 Å². The monoisotopic (exact) mass is 472 g/mol. The maximum atomic E-state index is 12.8. The minimum atomic E-state index is -0.391. The molecule has 5 rings (SSSR count). The molecule has 11 heteroatoms. The molecule has 4 aromatic rings. The highest BCUT2D eigenvalue weighted by Crippen LogP contribution is 2.34. The number of fused-ring (bicyclic) bond motifs is 1. The van der Waals surface area contributed by atoms with Crippen molar-refractivity contribution in [2.45, 2.75) is 25.8 Å². The van der Waals surface area contributed by atoms with Crippen LogP contribution in [0.5, 0.6) is 11.6 Å². The summed E-state index contributed by atoms with van der Waals surface area (Å²) in [7, 11) is 0. The van der Waals surface area contributed by atoms with Gasteiger partial charge in [-0.15, -0.1) is 5.10 Å². The second-order valence-electron chi connectivity index (χ2n) is 8.38. The minimum absolute atomic E-state index is 0.143. The standard InChI is InChI=1S/C24H24N8O3/c1-3-19(33)31-12-4-5-16(13-31)32-22-20(23(25)28-29-24(22)34)21(30-32)15-7-9-17(10-8-15)35-18-11-6-14(2)26-27-18/h3,6-11,16H,1,4-5,12-13H2,2H3,(H2,25,28)(H,29,34). The summed E-state index contributed by atoms with van der Waals surface area (Å²) in [6.45, 7) is 6.49. The summed E-state index contributed by atoms with van der Waals surface area (Å²) in [5.41, 5.74) is 8.21. The Labute approximate surface area is 200 Å². The molecule has 1 aliphatic heterocycles. The summed E-state index contributed by atoms with van der Waals surface area (Å²) in [5.74, 6) is 0.987. The number of nitrogens with two attached hydrogens (primary N) is 1. The highest BCUT2D eigenvalue weighted by atomic mass is 16.5. The summed E-state index contributed by atoms with van der Waals surface area (Å²) < 4.78 is 7.44. The third-order valence-electron chi connectivity index (χ3n) is 6.01. The maximum Gasteiger partial charge on any atom is 0.290 e. The van der Waals surface area contributed by atoms with Gasteiger partial charge in [-0.25, -0.2) is 5.10 Å². The van der Waals surface area contributed by atoms with Crippen LogP contribution < -0.4 is 16.0 Å². The molecule has 0 spiro atoms. The predicted octanol–water partition coefficient (Wildman–Crippen LogP) is 2.61. The molecule has 1 aromatic carbocycles. The number of nitrogen functional groups attached to an aromatic ring is 1. The molecule has 1 saturated heterocycles. The number of aromatic nitrogens is 6. The Morgan fingerprint density at radius 3 is 2.74 bits per heavy atom. The van der Waals surface area contributed by atoms with Gasteiger partial charge in [0.05, 0.1) is 17.1 Å². The second-order valence-corrected chi connectivity index (χ2v) is 8.38. The van der Waals surface area contributed by atoms with Crippen molar-refractivity contribution in [3.05, 3.63) is 65.1 Å². The lowest BCUT2D eigenvalue weighted by Crippen LogP contribution is -2.40. The van der Waals surface area contributed by atoms with Gasteiger partial charge in [-0.1, -0.05) is 6.58 Å². The minimum Gasteiger partial charge on any atom is -0.438 e. The largest absolute Gasteiger partial charge is 0.438 e. The van der Waals surface area contributed by atoms with Crippen molar-refractivity contribution in [2.75, 3.05) is 18.8 Å². The SMILES string of the molecule is C=CC(=O)N1CCCC(n2nc(-c3ccc(Oc4ccc(C)nn4)cc3)c3c(N)n[nH]c(=O)c32)C1. The molecule has 3 aromatic heterocycles. The Bertz CT molecular complexity index is 1460. The topological polar surface area (TPSA) is 145 Å². The number of likely N-dealkylation sites (tertiary alicyclic amines) is 1. The lowest BCUT2D eigenvalue weighted by Gasteiger charge is -2.32. The maximum absolute atomic E-state index is 12.8. The van der Waals surface area contributed by atoms with Gasteiger partial charge in [0, 0.05) is 24.7 Å². The second kappa shape index (κ2) is 9.01. The molecule has 1 unspecified atom stereocenters. The van der Waals surface area contributed by atoms with Crippen LogP contribution in [0.4, 0.5) is 5.82 Å². The molecule has 1 fully saturated rings. The van der Waals surface area contributed by atoms with Crippen LogP contribution in [0.3, 0.4) is 0 Å². The van der Waals surface area contributed by atoms with Gasteiger partial charge in [-0.2, -0.15) is 15.3 Å². The smallest absolute Gasteiger partial charge is 0.290 e. The van der Waals surface area contributed by atoms with Crippen molar-refractivity contribution in [1.82, 2.24) is 35.1 Å². The van der Waals surface area contributed by atoms with Crippen molar-refractivity contribution in [3.8, 4) is 22.9 Å². The molecule has 0 bridgehead atoms. The van der Waals surface area contributed by atoms with E-state index in [1.807, 2.05) is 25.1 Å². The number of hydrogen-bond donors (Lipinski definition) is 2. The molecular weight excluding hydrogens is 448 g/mol. The zero-order chi connectivity index (χ0) is 24.5. The van der Waals surface area contributed by atoms with Gasteiger partial charge < -0.3 is 15.4 Å². The van der Waals surface area contributed by atoms with E-state index in [0.717, 1.165) is 24.1 Å². The first-order valence-corrected chi connectivity index (χ1v) is 11.2. The fourth-order valence-corrected chi connectivity index (χ4v) is 4.31. The van der Waals surface area contributed by atoms with E-state index in [4.69, 9.17) is 15.6 Å². The van der Waals surface area contributed by atoms with Crippen molar-refractivity contribution in [3.63, 3.8) is 0 Å². The number of amides is 1. The van der Waals surface area contributed by atoms with Crippen molar-refractivity contribution in [1.29, 1.82) is 0 Å². The third-order valence-corrected chi connectivity index (χ3v) is 6.01. The number of nitrogens with zero attached hydrogens (tertiary/aromatic N) is 6. The van der Waals surface area contributed by atoms with E-state index >= 15 is 0 Å². The van der Waals surface area contributed by atoms with Gasteiger partial charge in [0.2, 0.25) is 11.8 Å². The van der Waals surface area contributed by atoms with E-state index in [1.165, 1.54) is 6.08 Å². The van der Waals surface area contributed by atoms with Gasteiger partial charge >= 0.3 is 0 Å². The average Bonchev–Trinajstić information content (AvgIpc) is 3.30. The predicted molar refractivity (Wildman–Crippen MR) is 130 cm³/mol. The number of nitrogens with one attached hydrogen (secondary N) is 1. The van der Waals surface area contributed by atoms with Crippen molar-refractivity contribution >= 4 is 22.6 Å². The van der Waals surface area contributed by atoms with Gasteiger partial charge in [-0.3, -0.25) is 14.3 Å². The number of anilines is 1. The Kier molecular flexibility index (Phi) is 5.73. The van der Waals surface area contributed by atoms with Gasteiger partial charge in [-0.05, 0) is 56.2 Å². The number of carbonyl (C=O) groups excluding carboxylic acids is 1. The summed E-state index contributed by atoms with van der Waals surface area (Å²) in [4.78, 5) is 26.7. The highest BCUT2D eigenvalue weighted by molar-refractivity contribution is 5.99. The Hall–Kier alpha value is -4.54. The fraction of sp³-hybridized carbons (Fsp3) is 0.250. The van der Waals surface area contributed by atoms with Crippen LogP contribution in [0.25, 0.3) is 22.2 Å². The summed E-state index contributed by atoms with van der Waals surface area (Å²) >= 11 is 0. The number of carbonyl (C=O) groups is 1. The molecule has 1 amide bonds. The van der Waals surface area contributed by atoms with Crippen LogP contribution in [-0.4, -0.2) is 54.1 Å². The Morgan fingerprint density at radius 1 is 1.23 bits per heavy atom. The van der Waals surface area contributed by atoms with Crippen molar-refractivity contribution in [2.24, 2.45) is 0 Å². The van der Waals surface area contributed by atoms with Gasteiger partial charge in [0.1, 0.15) is 17.0 Å². The fourth-order valence-electron chi connectivity index (χ4n) is 4.31. The molecule has 1 aliphatic rings. The van der Waals surface area contributed by atoms with Crippen LogP contribution in [0, 0.1) is 6.92 Å². The first-order valence-electron chi connectivity index (χ1n) is 11.2. The van der Waals surface area contributed by atoms with Crippen LogP contribution >= 0.6 is 0 Å². The quantitative estimate of drug-likeness (QED) is 0.422. The number of H-pyrrole nitrogens is 1. The first kappa shape index (κ1) is 22.3. The van der Waals surface area contributed by atoms with Crippen molar-refractivity contribution < 1.29 is 9.53 Å². The molecule has 178 valence electrons. The Morgan fingerprint density at radius 2 is 2.03 bits per heavy atom. The summed E-state index contributed by atoms with van der Waals surface area (Å²) in [6.07, 6.45) is 2.85. The van der Waals surface area contributed by atoms with Crippen LogP contribution in [0.15, 0.2) is 53.8 Å². The molecule has 0 saturated carbocycles. The molecule has 0 radical (unpaired) electrons. The van der Waals surface area contributed by atoms with Crippen LogP contribution in [-0.2, 0) is 4.79 Å². The number of rotatable bonds is 5. The molecule has 3 N–H and O–H groups in total. The third kappa shape index (κ3) is 4.23. The van der Waals surface area contributed by atoms with E-state index in [-0.39, 0.29) is 17.8 Å². The normalized spacial score (nSPS) is 15.8. The number of aryl methyl sites for hydroxylation is 1. The number of piperidine rings is 1. The molecule has 11 nitrogen and oxygen atoms in total. The molecule has 1 atom stereocenters. The number of hydrogen-bond acceptors (Lipinski definition) is 8. The zero-order valence-corrected chi connectivity index (χ0v) is 19.1. The molecule has 4 heterocycles. The van der Waals surface area contributed by atoms with E-state index in [0.29, 0.717) is 41.3 Å². The van der Waals surface area contributed by atoms with Crippen LogP contribution in [0.2, 0.25) is 0 Å². The number of aromatic amines is 1. The van der Waals surface area contributed by atoms with E-state index in [9.17, 15) is 9.59 Å². The number of benzene rings is 1. The highest BCUT2D eigenvalue weighted by Gasteiger charge is 2.28. The molecule has 0 aliphatic carbocycles. The van der Waals surface area contributed by atoms with E-state index in [2.05, 4.69) is 27.0 Å². The number of ether oxygens (including phenoxy) is 1. The molecule has 35 heavy (non-hydrogen) atoms. The van der Waals surface area contributed by atoms with Crippen LogP contribution in [0.1, 0.15) is 24.6 Å². The van der Waals surface area contributed by atoms with Gasteiger partial charge in [0.25, 0.3) is 5.56 Å². The summed E-state index contributed by atoms with van der Waals surface area (Å²) in [5, 5.41) is 19.7. The molecular formula is C24H24N8O3. The lowest BCUT2D eigenvalue weighted by molar-refractivity contribution is -0.127. The van der Waals surface area contributed by atoms with Gasteiger partial charge in [0.15, 0.2) is 5.82 Å². The Balaban J connectivity index is 1.53.